The molecule has 2 fully saturated rings. The van der Waals surface area contributed by atoms with Crippen molar-refractivity contribution >= 4 is 34.7 Å². The molecule has 4 heterocycles. The van der Waals surface area contributed by atoms with E-state index in [1.54, 1.807) is 28.1 Å². The van der Waals surface area contributed by atoms with E-state index in [4.69, 9.17) is 9.47 Å². The number of hydrogen-bond donors (Lipinski definition) is 3. The molecule has 3 aromatic rings. The number of aromatic amines is 1. The molecule has 2 saturated heterocycles. The number of benzene rings is 1. The maximum atomic E-state index is 13.6. The Morgan fingerprint density at radius 2 is 1.72 bits per heavy atom. The van der Waals surface area contributed by atoms with Gasteiger partial charge in [0.2, 0.25) is 0 Å². The van der Waals surface area contributed by atoms with Crippen LogP contribution in [0, 0.1) is 0 Å². The molecular formula is C24H24N6O5S. The second-order valence-electron chi connectivity index (χ2n) is 8.61. The van der Waals surface area contributed by atoms with Crippen LogP contribution in [-0.2, 0) is 9.47 Å². The van der Waals surface area contributed by atoms with Crippen molar-refractivity contribution in [1.29, 1.82) is 0 Å². The van der Waals surface area contributed by atoms with Crippen molar-refractivity contribution in [3.63, 3.8) is 0 Å². The summed E-state index contributed by atoms with van der Waals surface area (Å²) in [6.45, 7) is 4.47. The van der Waals surface area contributed by atoms with Gasteiger partial charge in [0, 0.05) is 31.7 Å². The van der Waals surface area contributed by atoms with Crippen molar-refractivity contribution in [2.75, 3.05) is 57.9 Å². The van der Waals surface area contributed by atoms with Crippen LogP contribution in [0.5, 0.6) is 0 Å². The number of nitrogens with zero attached hydrogens (tertiary/aromatic N) is 3. The number of carbonyl (C=O) groups excluding carboxylic acids is 3. The zero-order chi connectivity index (χ0) is 24.6. The number of morpholine rings is 2. The first-order valence-electron chi connectivity index (χ1n) is 11.7. The Hall–Kier alpha value is -3.58. The summed E-state index contributed by atoms with van der Waals surface area (Å²) in [6, 6.07) is 8.49. The first kappa shape index (κ1) is 22.9. The Balaban J connectivity index is 1.24. The van der Waals surface area contributed by atoms with Gasteiger partial charge in [0.1, 0.15) is 5.69 Å². The van der Waals surface area contributed by atoms with E-state index < -0.39 is 6.03 Å². The third kappa shape index (κ3) is 4.07. The van der Waals surface area contributed by atoms with Crippen LogP contribution in [0.2, 0.25) is 0 Å². The summed E-state index contributed by atoms with van der Waals surface area (Å²) in [4.78, 5) is 42.2. The Bertz CT molecular complexity index is 1340. The lowest BCUT2D eigenvalue weighted by Crippen LogP contribution is -2.49. The molecule has 0 saturated carbocycles. The lowest BCUT2D eigenvalue weighted by Gasteiger charge is -2.27. The standard InChI is InChI=1S/C24H24N6O5S/c31-22-18-14(2-1-3-15(18)25-24(33)28-30-8-12-35-13-9-30)20-19(22)21(27-26-20)16-4-5-17(36-16)23(32)29-6-10-34-11-7-29/h1-5H,6-13H2,(H,26,27)(H2,25,28,33). The Morgan fingerprint density at radius 3 is 2.50 bits per heavy atom. The Kier molecular flexibility index (Phi) is 6.01. The molecule has 11 nitrogen and oxygen atoms in total. The number of ether oxygens (including phenoxy) is 2. The maximum absolute atomic E-state index is 13.6. The number of thiophene rings is 1. The van der Waals surface area contributed by atoms with Gasteiger partial charge in [-0.2, -0.15) is 5.10 Å². The lowest BCUT2D eigenvalue weighted by molar-refractivity contribution is 0.0207. The highest BCUT2D eigenvalue weighted by molar-refractivity contribution is 7.17. The third-order valence-corrected chi connectivity index (χ3v) is 7.51. The average Bonchev–Trinajstić information content (AvgIpc) is 3.62. The monoisotopic (exact) mass is 508 g/mol. The SMILES string of the molecule is O=C(Nc1cccc2c1C(=O)c1c-2n[nH]c1-c1ccc(C(=O)N2CCOCC2)s1)NN1CCOCC1. The van der Waals surface area contributed by atoms with Gasteiger partial charge < -0.3 is 19.7 Å². The van der Waals surface area contributed by atoms with Crippen molar-refractivity contribution in [2.24, 2.45) is 0 Å². The first-order chi connectivity index (χ1) is 17.6. The van der Waals surface area contributed by atoms with E-state index in [-0.39, 0.29) is 11.7 Å². The summed E-state index contributed by atoms with van der Waals surface area (Å²) in [6.07, 6.45) is 0. The molecule has 0 spiro atoms. The molecule has 1 aliphatic carbocycles. The van der Waals surface area contributed by atoms with E-state index >= 15 is 0 Å². The fourth-order valence-electron chi connectivity index (χ4n) is 4.64. The maximum Gasteiger partial charge on any atom is 0.333 e. The quantitative estimate of drug-likeness (QED) is 0.385. The summed E-state index contributed by atoms with van der Waals surface area (Å²) < 4.78 is 10.6. The number of hydrogen-bond acceptors (Lipinski definition) is 8. The average molecular weight is 509 g/mol. The summed E-state index contributed by atoms with van der Waals surface area (Å²) in [5, 5.41) is 12.0. The largest absolute Gasteiger partial charge is 0.379 e. The first-order valence-corrected chi connectivity index (χ1v) is 12.6. The Labute approximate surface area is 210 Å². The van der Waals surface area contributed by atoms with E-state index in [1.165, 1.54) is 11.3 Å². The second kappa shape index (κ2) is 9.47. The van der Waals surface area contributed by atoms with Crippen LogP contribution < -0.4 is 10.7 Å². The number of ketones is 1. The van der Waals surface area contributed by atoms with Crippen molar-refractivity contribution in [3.05, 3.63) is 46.3 Å². The highest BCUT2D eigenvalue weighted by Crippen LogP contribution is 2.44. The molecule has 0 unspecified atom stereocenters. The zero-order valence-electron chi connectivity index (χ0n) is 19.3. The molecule has 1 aromatic carbocycles. The van der Waals surface area contributed by atoms with Gasteiger partial charge >= 0.3 is 6.03 Å². The molecule has 0 radical (unpaired) electrons. The molecule has 3 amide bonds. The van der Waals surface area contributed by atoms with Crippen LogP contribution >= 0.6 is 11.3 Å². The number of rotatable bonds is 4. The van der Waals surface area contributed by atoms with Gasteiger partial charge in [-0.25, -0.2) is 9.80 Å². The van der Waals surface area contributed by atoms with Gasteiger partial charge in [-0.15, -0.1) is 11.3 Å². The third-order valence-electron chi connectivity index (χ3n) is 6.42. The minimum atomic E-state index is -0.422. The van der Waals surface area contributed by atoms with Gasteiger partial charge in [0.15, 0.2) is 5.78 Å². The molecule has 3 aliphatic rings. The molecular weight excluding hydrogens is 484 g/mol. The van der Waals surface area contributed by atoms with E-state index in [0.29, 0.717) is 91.2 Å². The van der Waals surface area contributed by atoms with E-state index in [1.807, 2.05) is 12.1 Å². The number of nitrogens with one attached hydrogen (secondary N) is 3. The molecule has 0 bridgehead atoms. The van der Waals surface area contributed by atoms with Gasteiger partial charge in [-0.1, -0.05) is 12.1 Å². The van der Waals surface area contributed by atoms with Crippen LogP contribution in [0.25, 0.3) is 21.8 Å². The van der Waals surface area contributed by atoms with Gasteiger partial charge in [-0.3, -0.25) is 20.1 Å². The number of urea groups is 1. The molecule has 6 rings (SSSR count). The van der Waals surface area contributed by atoms with E-state index in [0.717, 1.165) is 4.88 Å². The highest BCUT2D eigenvalue weighted by Gasteiger charge is 2.36. The fourth-order valence-corrected chi connectivity index (χ4v) is 5.61. The number of amides is 3. The smallest absolute Gasteiger partial charge is 0.333 e. The number of aromatic nitrogens is 2. The molecule has 12 heteroatoms. The molecule has 3 N–H and O–H groups in total. The van der Waals surface area contributed by atoms with Crippen LogP contribution in [0.3, 0.4) is 0 Å². The summed E-state index contributed by atoms with van der Waals surface area (Å²) in [5.74, 6) is -0.265. The number of fused-ring (bicyclic) bond motifs is 3. The van der Waals surface area contributed by atoms with Crippen LogP contribution in [0.15, 0.2) is 30.3 Å². The number of H-pyrrole nitrogens is 1. The predicted molar refractivity (Wildman–Crippen MR) is 132 cm³/mol. The van der Waals surface area contributed by atoms with Crippen LogP contribution in [0.1, 0.15) is 25.6 Å². The molecule has 0 atom stereocenters. The zero-order valence-corrected chi connectivity index (χ0v) is 20.2. The Morgan fingerprint density at radius 1 is 0.972 bits per heavy atom. The molecule has 186 valence electrons. The molecule has 2 aliphatic heterocycles. The van der Waals surface area contributed by atoms with E-state index in [2.05, 4.69) is 20.9 Å². The predicted octanol–water partition coefficient (Wildman–Crippen LogP) is 2.19. The van der Waals surface area contributed by atoms with Gasteiger partial charge in [0.25, 0.3) is 5.91 Å². The molecule has 2 aromatic heterocycles. The van der Waals surface area contributed by atoms with Crippen molar-refractivity contribution in [1.82, 2.24) is 25.5 Å². The van der Waals surface area contributed by atoms with Crippen molar-refractivity contribution in [2.45, 2.75) is 0 Å². The van der Waals surface area contributed by atoms with Gasteiger partial charge in [-0.05, 0) is 18.2 Å². The summed E-state index contributed by atoms with van der Waals surface area (Å²) in [7, 11) is 0. The topological polar surface area (TPSA) is 129 Å². The fraction of sp³-hybridized carbons (Fsp3) is 0.333. The number of anilines is 1. The lowest BCUT2D eigenvalue weighted by atomic mass is 10.1. The van der Waals surface area contributed by atoms with Crippen LogP contribution in [0.4, 0.5) is 10.5 Å². The second-order valence-corrected chi connectivity index (χ2v) is 9.70. The minimum absolute atomic E-state index is 0.0434. The van der Waals surface area contributed by atoms with E-state index in [9.17, 15) is 14.4 Å². The number of hydrazine groups is 1. The summed E-state index contributed by atoms with van der Waals surface area (Å²) >= 11 is 1.32. The highest BCUT2D eigenvalue weighted by atomic mass is 32.1. The van der Waals surface area contributed by atoms with Gasteiger partial charge in [0.05, 0.1) is 58.7 Å². The normalized spacial score (nSPS) is 17.6. The summed E-state index contributed by atoms with van der Waals surface area (Å²) in [5.41, 5.74) is 5.83. The van der Waals surface area contributed by atoms with Crippen molar-refractivity contribution < 1.29 is 23.9 Å². The number of carbonyl (C=O) groups is 3. The van der Waals surface area contributed by atoms with Crippen molar-refractivity contribution in [3.8, 4) is 21.8 Å². The molecule has 36 heavy (non-hydrogen) atoms. The van der Waals surface area contributed by atoms with Crippen LogP contribution in [-0.4, -0.2) is 90.4 Å². The minimum Gasteiger partial charge on any atom is -0.379 e.